The Morgan fingerprint density at radius 1 is 1.33 bits per heavy atom. The number of aromatic amines is 1. The first kappa shape index (κ1) is 13.9. The molecular formula is C16H22N4O. The Balaban J connectivity index is 1.90. The van der Waals surface area contributed by atoms with E-state index < -0.39 is 0 Å². The molecule has 5 nitrogen and oxygen atoms in total. The van der Waals surface area contributed by atoms with Crippen LogP contribution in [0.15, 0.2) is 23.3 Å². The summed E-state index contributed by atoms with van der Waals surface area (Å²) in [5.41, 5.74) is 8.11. The number of H-pyrrole nitrogens is 1. The van der Waals surface area contributed by atoms with Crippen molar-refractivity contribution in [3.05, 3.63) is 28.8 Å². The molecule has 3 unspecified atom stereocenters. The number of benzene rings is 1. The molecule has 0 saturated heterocycles. The van der Waals surface area contributed by atoms with Gasteiger partial charge in [0.25, 0.3) is 5.56 Å². The van der Waals surface area contributed by atoms with Gasteiger partial charge in [-0.1, -0.05) is 13.8 Å². The Labute approximate surface area is 124 Å². The van der Waals surface area contributed by atoms with Crippen LogP contribution in [0.3, 0.4) is 0 Å². The number of anilines is 2. The van der Waals surface area contributed by atoms with Crippen LogP contribution in [0, 0.1) is 11.8 Å². The minimum atomic E-state index is -0.155. The summed E-state index contributed by atoms with van der Waals surface area (Å²) < 4.78 is 0. The van der Waals surface area contributed by atoms with Crippen molar-refractivity contribution < 1.29 is 0 Å². The van der Waals surface area contributed by atoms with E-state index in [1.807, 2.05) is 6.07 Å². The fourth-order valence-electron chi connectivity index (χ4n) is 3.34. The summed E-state index contributed by atoms with van der Waals surface area (Å²) in [4.78, 5) is 18.5. The number of fused-ring (bicyclic) bond motifs is 1. The Kier molecular flexibility index (Phi) is 3.57. The van der Waals surface area contributed by atoms with Crippen LogP contribution in [0.2, 0.25) is 0 Å². The number of nitrogens with two attached hydrogens (primary N) is 1. The normalized spacial score (nSPS) is 25.9. The van der Waals surface area contributed by atoms with E-state index >= 15 is 0 Å². The van der Waals surface area contributed by atoms with Gasteiger partial charge in [0, 0.05) is 6.04 Å². The number of nitrogens with one attached hydrogen (secondary N) is 2. The fourth-order valence-corrected chi connectivity index (χ4v) is 3.34. The van der Waals surface area contributed by atoms with E-state index in [1.54, 1.807) is 6.07 Å². The summed E-state index contributed by atoms with van der Waals surface area (Å²) in [7, 11) is 0. The maximum atomic E-state index is 11.7. The van der Waals surface area contributed by atoms with Crippen LogP contribution in [0.25, 0.3) is 10.9 Å². The number of rotatable bonds is 2. The van der Waals surface area contributed by atoms with Gasteiger partial charge in [-0.05, 0) is 43.2 Å². The molecule has 1 heterocycles. The maximum absolute atomic E-state index is 11.7. The van der Waals surface area contributed by atoms with E-state index in [0.29, 0.717) is 28.6 Å². The molecule has 2 aromatic rings. The molecule has 0 amide bonds. The molecule has 3 atom stereocenters. The first-order chi connectivity index (χ1) is 10.0. The standard InChI is InChI=1S/C16H22N4O/c1-9-3-4-13(10(2)5-9)20-15-7-14-11(6-12(15)17)16(21)19-8-18-14/h6-10,13,20H,3-5,17H2,1-2H3,(H,18,19,21). The second-order valence-corrected chi connectivity index (χ2v) is 6.33. The topological polar surface area (TPSA) is 83.8 Å². The molecule has 112 valence electrons. The van der Waals surface area contributed by atoms with Crippen LogP contribution in [0.5, 0.6) is 0 Å². The summed E-state index contributed by atoms with van der Waals surface area (Å²) in [5.74, 6) is 1.42. The van der Waals surface area contributed by atoms with Gasteiger partial charge in [0.15, 0.2) is 0 Å². The Morgan fingerprint density at radius 3 is 2.90 bits per heavy atom. The van der Waals surface area contributed by atoms with E-state index in [9.17, 15) is 4.79 Å². The molecule has 0 bridgehead atoms. The van der Waals surface area contributed by atoms with E-state index in [1.165, 1.54) is 19.2 Å². The van der Waals surface area contributed by atoms with Gasteiger partial charge in [-0.15, -0.1) is 0 Å². The lowest BCUT2D eigenvalue weighted by molar-refractivity contribution is 0.276. The van der Waals surface area contributed by atoms with Gasteiger partial charge < -0.3 is 16.0 Å². The highest BCUT2D eigenvalue weighted by Gasteiger charge is 2.25. The third kappa shape index (κ3) is 2.73. The van der Waals surface area contributed by atoms with Crippen molar-refractivity contribution in [1.82, 2.24) is 9.97 Å². The molecule has 4 N–H and O–H groups in total. The van der Waals surface area contributed by atoms with Crippen LogP contribution in [0.4, 0.5) is 11.4 Å². The predicted octanol–water partition coefficient (Wildman–Crippen LogP) is 2.74. The van der Waals surface area contributed by atoms with Crippen LogP contribution in [0.1, 0.15) is 33.1 Å². The molecule has 1 fully saturated rings. The minimum Gasteiger partial charge on any atom is -0.397 e. The van der Waals surface area contributed by atoms with E-state index in [2.05, 4.69) is 29.1 Å². The van der Waals surface area contributed by atoms with Gasteiger partial charge in [0.1, 0.15) is 0 Å². The van der Waals surface area contributed by atoms with Gasteiger partial charge in [-0.25, -0.2) is 4.98 Å². The molecule has 1 aliphatic rings. The van der Waals surface area contributed by atoms with Crippen molar-refractivity contribution in [3.8, 4) is 0 Å². The predicted molar refractivity (Wildman–Crippen MR) is 86.4 cm³/mol. The Morgan fingerprint density at radius 2 is 2.14 bits per heavy atom. The molecule has 3 rings (SSSR count). The molecule has 1 aromatic heterocycles. The second kappa shape index (κ2) is 5.39. The molecular weight excluding hydrogens is 264 g/mol. The second-order valence-electron chi connectivity index (χ2n) is 6.33. The highest BCUT2D eigenvalue weighted by atomic mass is 16.1. The van der Waals surface area contributed by atoms with Crippen molar-refractivity contribution >= 4 is 22.3 Å². The molecule has 0 spiro atoms. The van der Waals surface area contributed by atoms with Gasteiger partial charge in [0.2, 0.25) is 0 Å². The highest BCUT2D eigenvalue weighted by Crippen LogP contribution is 2.32. The molecule has 1 aromatic carbocycles. The summed E-state index contributed by atoms with van der Waals surface area (Å²) in [5, 5.41) is 4.09. The van der Waals surface area contributed by atoms with Gasteiger partial charge in [-0.2, -0.15) is 0 Å². The van der Waals surface area contributed by atoms with Crippen molar-refractivity contribution in [1.29, 1.82) is 0 Å². The Bertz CT molecular complexity index is 709. The third-order valence-corrected chi connectivity index (χ3v) is 4.58. The van der Waals surface area contributed by atoms with Crippen LogP contribution in [-0.2, 0) is 0 Å². The first-order valence-corrected chi connectivity index (χ1v) is 7.58. The smallest absolute Gasteiger partial charge is 0.258 e. The lowest BCUT2D eigenvalue weighted by Gasteiger charge is -2.34. The summed E-state index contributed by atoms with van der Waals surface area (Å²) in [6.45, 7) is 4.60. The van der Waals surface area contributed by atoms with Gasteiger partial charge >= 0.3 is 0 Å². The largest absolute Gasteiger partial charge is 0.397 e. The number of hydrogen-bond acceptors (Lipinski definition) is 4. The zero-order chi connectivity index (χ0) is 15.0. The van der Waals surface area contributed by atoms with Crippen molar-refractivity contribution in [2.45, 2.75) is 39.2 Å². The quantitative estimate of drug-likeness (QED) is 0.741. The summed E-state index contributed by atoms with van der Waals surface area (Å²) >= 11 is 0. The Hall–Kier alpha value is -2.04. The molecule has 0 radical (unpaired) electrons. The van der Waals surface area contributed by atoms with Crippen LogP contribution < -0.4 is 16.6 Å². The SMILES string of the molecule is CC1CCC(Nc2cc3nc[nH]c(=O)c3cc2N)C(C)C1. The maximum Gasteiger partial charge on any atom is 0.258 e. The van der Waals surface area contributed by atoms with E-state index in [-0.39, 0.29) is 5.56 Å². The summed E-state index contributed by atoms with van der Waals surface area (Å²) in [6, 6.07) is 4.02. The zero-order valence-electron chi connectivity index (χ0n) is 12.5. The van der Waals surface area contributed by atoms with Crippen LogP contribution >= 0.6 is 0 Å². The summed E-state index contributed by atoms with van der Waals surface area (Å²) in [6.07, 6.45) is 5.06. The number of nitrogens with zero attached hydrogens (tertiary/aromatic N) is 1. The molecule has 5 heteroatoms. The third-order valence-electron chi connectivity index (χ3n) is 4.58. The average Bonchev–Trinajstić information content (AvgIpc) is 2.44. The molecule has 1 aliphatic carbocycles. The number of nitrogen functional groups attached to an aromatic ring is 1. The van der Waals surface area contributed by atoms with Crippen LogP contribution in [-0.4, -0.2) is 16.0 Å². The lowest BCUT2D eigenvalue weighted by Crippen LogP contribution is -2.33. The molecule has 0 aliphatic heterocycles. The van der Waals surface area contributed by atoms with Crippen molar-refractivity contribution in [2.24, 2.45) is 11.8 Å². The highest BCUT2D eigenvalue weighted by molar-refractivity contribution is 5.88. The van der Waals surface area contributed by atoms with Gasteiger partial charge in [-0.3, -0.25) is 4.79 Å². The fraction of sp³-hybridized carbons (Fsp3) is 0.500. The molecule has 21 heavy (non-hydrogen) atoms. The van der Waals surface area contributed by atoms with E-state index in [0.717, 1.165) is 18.0 Å². The monoisotopic (exact) mass is 286 g/mol. The van der Waals surface area contributed by atoms with Crippen molar-refractivity contribution in [3.63, 3.8) is 0 Å². The lowest BCUT2D eigenvalue weighted by atomic mass is 9.80. The first-order valence-electron chi connectivity index (χ1n) is 7.58. The van der Waals surface area contributed by atoms with Gasteiger partial charge in [0.05, 0.1) is 28.6 Å². The minimum absolute atomic E-state index is 0.155. The average molecular weight is 286 g/mol. The number of aromatic nitrogens is 2. The van der Waals surface area contributed by atoms with E-state index in [4.69, 9.17) is 5.73 Å². The molecule has 1 saturated carbocycles. The number of hydrogen-bond donors (Lipinski definition) is 3. The zero-order valence-corrected chi connectivity index (χ0v) is 12.5. The van der Waals surface area contributed by atoms with Crippen molar-refractivity contribution in [2.75, 3.05) is 11.1 Å².